The van der Waals surface area contributed by atoms with Gasteiger partial charge in [0.25, 0.3) is 0 Å². The molecule has 0 amide bonds. The molecule has 1 unspecified atom stereocenters. The second kappa shape index (κ2) is 4.69. The molecule has 1 N–H and O–H groups in total. The van der Waals surface area contributed by atoms with Gasteiger partial charge in [-0.3, -0.25) is 0 Å². The molecule has 2 rings (SSSR count). The van der Waals surface area contributed by atoms with Crippen LogP contribution < -0.4 is 5.32 Å². The number of hydrogen-bond donors (Lipinski definition) is 1. The predicted octanol–water partition coefficient (Wildman–Crippen LogP) is 2.98. The van der Waals surface area contributed by atoms with Crippen molar-refractivity contribution in [1.29, 1.82) is 0 Å². The van der Waals surface area contributed by atoms with E-state index in [1.165, 1.54) is 21.3 Å². The van der Waals surface area contributed by atoms with Crippen molar-refractivity contribution in [2.75, 3.05) is 7.05 Å². The van der Waals surface area contributed by atoms with E-state index in [-0.39, 0.29) is 6.04 Å². The van der Waals surface area contributed by atoms with E-state index >= 15 is 0 Å². The van der Waals surface area contributed by atoms with Crippen LogP contribution in [0.3, 0.4) is 0 Å². The Kier molecular flexibility index (Phi) is 3.50. The molecule has 2 heterocycles. The lowest BCUT2D eigenvalue weighted by molar-refractivity contribution is 0.707. The predicted molar refractivity (Wildman–Crippen MR) is 67.6 cm³/mol. The fourth-order valence-corrected chi connectivity index (χ4v) is 3.95. The summed E-state index contributed by atoms with van der Waals surface area (Å²) in [7, 11) is 1.95. The minimum atomic E-state index is 0.194. The van der Waals surface area contributed by atoms with Crippen molar-refractivity contribution < 1.29 is 0 Å². The van der Waals surface area contributed by atoms with E-state index in [0.29, 0.717) is 0 Å². The van der Waals surface area contributed by atoms with Gasteiger partial charge in [0.05, 0.1) is 16.6 Å². The van der Waals surface area contributed by atoms with Crippen LogP contribution in [0.25, 0.3) is 0 Å². The molecule has 80 valence electrons. The molecule has 2 aromatic heterocycles. The molecule has 0 aliphatic rings. The van der Waals surface area contributed by atoms with Gasteiger partial charge < -0.3 is 5.32 Å². The average Bonchev–Trinajstić information content (AvgIpc) is 2.80. The first-order chi connectivity index (χ1) is 7.24. The smallest absolute Gasteiger partial charge is 0.0809 e. The van der Waals surface area contributed by atoms with Gasteiger partial charge in [0.1, 0.15) is 0 Å². The molecule has 0 radical (unpaired) electrons. The summed E-state index contributed by atoms with van der Waals surface area (Å²) in [6.45, 7) is 1.99. The molecule has 0 saturated carbocycles. The van der Waals surface area contributed by atoms with Gasteiger partial charge >= 0.3 is 0 Å². The van der Waals surface area contributed by atoms with Gasteiger partial charge in [-0.25, -0.2) is 0 Å². The van der Waals surface area contributed by atoms with Crippen LogP contribution in [0.5, 0.6) is 0 Å². The van der Waals surface area contributed by atoms with Crippen molar-refractivity contribution in [3.05, 3.63) is 31.4 Å². The molecule has 0 aliphatic carbocycles. The number of thiophene rings is 1. The first kappa shape index (κ1) is 11.2. The van der Waals surface area contributed by atoms with Crippen molar-refractivity contribution >= 4 is 38.8 Å². The third-order valence-electron chi connectivity index (χ3n) is 2.14. The number of aromatic nitrogens is 2. The molecular weight excluding hydrogens is 294 g/mol. The van der Waals surface area contributed by atoms with Crippen LogP contribution in [-0.4, -0.2) is 16.6 Å². The zero-order valence-corrected chi connectivity index (χ0v) is 11.5. The summed E-state index contributed by atoms with van der Waals surface area (Å²) < 4.78 is 5.11. The van der Waals surface area contributed by atoms with Crippen LogP contribution >= 0.6 is 38.8 Å². The average molecular weight is 304 g/mol. The molecule has 0 fully saturated rings. The Bertz CT molecular complexity index is 411. The van der Waals surface area contributed by atoms with Gasteiger partial charge in [0.15, 0.2) is 0 Å². The highest BCUT2D eigenvalue weighted by Gasteiger charge is 2.20. The minimum Gasteiger partial charge on any atom is -0.308 e. The van der Waals surface area contributed by atoms with E-state index in [9.17, 15) is 0 Å². The highest BCUT2D eigenvalue weighted by Crippen LogP contribution is 2.34. The van der Waals surface area contributed by atoms with E-state index in [1.54, 1.807) is 11.3 Å². The summed E-state index contributed by atoms with van der Waals surface area (Å²) in [5.41, 5.74) is 1.000. The topological polar surface area (TPSA) is 37.8 Å². The van der Waals surface area contributed by atoms with E-state index in [2.05, 4.69) is 42.3 Å². The molecule has 1 atom stereocenters. The molecule has 0 saturated heterocycles. The molecule has 3 nitrogen and oxygen atoms in total. The number of rotatable bonds is 3. The second-order valence-corrected chi connectivity index (χ2v) is 5.66. The summed E-state index contributed by atoms with van der Waals surface area (Å²) in [6.07, 6.45) is 0. The van der Waals surface area contributed by atoms with Gasteiger partial charge in [-0.1, -0.05) is 4.49 Å². The van der Waals surface area contributed by atoms with Crippen molar-refractivity contribution in [3.63, 3.8) is 0 Å². The summed E-state index contributed by atoms with van der Waals surface area (Å²) in [5.74, 6) is 0. The Labute approximate surface area is 105 Å². The van der Waals surface area contributed by atoms with Crippen molar-refractivity contribution in [1.82, 2.24) is 14.9 Å². The number of aryl methyl sites for hydroxylation is 1. The first-order valence-corrected chi connectivity index (χ1v) is 6.87. The summed E-state index contributed by atoms with van der Waals surface area (Å²) >= 11 is 6.73. The Morgan fingerprint density at radius 1 is 1.47 bits per heavy atom. The van der Waals surface area contributed by atoms with Crippen LogP contribution in [-0.2, 0) is 0 Å². The molecule has 2 aromatic rings. The monoisotopic (exact) mass is 303 g/mol. The number of halogens is 1. The lowest BCUT2D eigenvalue weighted by atomic mass is 10.2. The third-order valence-corrected chi connectivity index (χ3v) is 4.97. The number of nitrogens with zero attached hydrogens (tertiary/aromatic N) is 2. The third kappa shape index (κ3) is 2.13. The standard InChI is InChI=1S/C9H10BrN3S2/c1-5-8(15-13-12-5)7(11-2)9-6(10)3-4-14-9/h3-4,7,11H,1-2H3. The van der Waals surface area contributed by atoms with Gasteiger partial charge in [-0.2, -0.15) is 0 Å². The molecule has 0 aromatic carbocycles. The lowest BCUT2D eigenvalue weighted by Crippen LogP contribution is -2.16. The van der Waals surface area contributed by atoms with Crippen LogP contribution in [0.1, 0.15) is 21.5 Å². The van der Waals surface area contributed by atoms with E-state index in [1.807, 2.05) is 14.0 Å². The molecular formula is C9H10BrN3S2. The zero-order chi connectivity index (χ0) is 10.8. The summed E-state index contributed by atoms with van der Waals surface area (Å²) in [5, 5.41) is 9.42. The van der Waals surface area contributed by atoms with Crippen LogP contribution in [0.2, 0.25) is 0 Å². The van der Waals surface area contributed by atoms with Gasteiger partial charge in [-0.05, 0) is 52.9 Å². The fourth-order valence-electron chi connectivity index (χ4n) is 1.40. The van der Waals surface area contributed by atoms with Gasteiger partial charge in [-0.15, -0.1) is 16.4 Å². The first-order valence-electron chi connectivity index (χ1n) is 4.43. The SMILES string of the molecule is CNC(c1sccc1Br)c1snnc1C. The van der Waals surface area contributed by atoms with Crippen molar-refractivity contribution in [2.45, 2.75) is 13.0 Å². The molecule has 0 spiro atoms. The molecule has 0 aliphatic heterocycles. The van der Waals surface area contributed by atoms with E-state index in [4.69, 9.17) is 0 Å². The van der Waals surface area contributed by atoms with Crippen molar-refractivity contribution in [3.8, 4) is 0 Å². The van der Waals surface area contributed by atoms with Crippen LogP contribution in [0, 0.1) is 6.92 Å². The Balaban J connectivity index is 2.41. The largest absolute Gasteiger partial charge is 0.308 e. The molecule has 0 bridgehead atoms. The van der Waals surface area contributed by atoms with E-state index < -0.39 is 0 Å². The van der Waals surface area contributed by atoms with Gasteiger partial charge in [0.2, 0.25) is 0 Å². The van der Waals surface area contributed by atoms with Crippen LogP contribution in [0.15, 0.2) is 15.9 Å². The maximum Gasteiger partial charge on any atom is 0.0809 e. The summed E-state index contributed by atoms with van der Waals surface area (Å²) in [4.78, 5) is 2.45. The fraction of sp³-hybridized carbons (Fsp3) is 0.333. The second-order valence-electron chi connectivity index (χ2n) is 3.08. The Morgan fingerprint density at radius 3 is 2.73 bits per heavy atom. The molecule has 6 heteroatoms. The molecule has 15 heavy (non-hydrogen) atoms. The number of hydrogen-bond acceptors (Lipinski definition) is 5. The Morgan fingerprint density at radius 2 is 2.27 bits per heavy atom. The highest BCUT2D eigenvalue weighted by molar-refractivity contribution is 9.10. The quantitative estimate of drug-likeness (QED) is 0.947. The number of nitrogens with one attached hydrogen (secondary N) is 1. The summed E-state index contributed by atoms with van der Waals surface area (Å²) in [6, 6.07) is 2.26. The zero-order valence-electron chi connectivity index (χ0n) is 8.32. The van der Waals surface area contributed by atoms with Crippen LogP contribution in [0.4, 0.5) is 0 Å². The normalized spacial score (nSPS) is 13.0. The lowest BCUT2D eigenvalue weighted by Gasteiger charge is -2.13. The maximum absolute atomic E-state index is 4.04. The van der Waals surface area contributed by atoms with E-state index in [0.717, 1.165) is 10.2 Å². The Hall–Kier alpha value is -0.300. The minimum absolute atomic E-state index is 0.194. The highest BCUT2D eigenvalue weighted by atomic mass is 79.9. The van der Waals surface area contributed by atoms with Gasteiger partial charge in [0, 0.05) is 9.35 Å². The maximum atomic E-state index is 4.04. The van der Waals surface area contributed by atoms with Crippen molar-refractivity contribution in [2.24, 2.45) is 0 Å².